The van der Waals surface area contributed by atoms with Crippen molar-refractivity contribution < 1.29 is 9.53 Å². The molecule has 0 aliphatic rings. The summed E-state index contributed by atoms with van der Waals surface area (Å²) in [6, 6.07) is 16.5. The smallest absolute Gasteiger partial charge is 0.263 e. The molecule has 0 radical (unpaired) electrons. The summed E-state index contributed by atoms with van der Waals surface area (Å²) >= 11 is 0. The second-order valence-corrected chi connectivity index (χ2v) is 6.42. The average molecular weight is 362 g/mol. The number of benzene rings is 2. The summed E-state index contributed by atoms with van der Waals surface area (Å²) in [4.78, 5) is 25.5. The van der Waals surface area contributed by atoms with Gasteiger partial charge in [0, 0.05) is 11.9 Å². The lowest BCUT2D eigenvalue weighted by molar-refractivity contribution is 0.102. The van der Waals surface area contributed by atoms with Crippen molar-refractivity contribution in [2.75, 3.05) is 12.4 Å². The Hall–Kier alpha value is -3.34. The van der Waals surface area contributed by atoms with Gasteiger partial charge in [-0.2, -0.15) is 0 Å². The fourth-order valence-corrected chi connectivity index (χ4v) is 2.95. The summed E-state index contributed by atoms with van der Waals surface area (Å²) in [5.74, 6) is 0.356. The Balaban J connectivity index is 1.85. The van der Waals surface area contributed by atoms with Crippen molar-refractivity contribution in [1.29, 1.82) is 0 Å². The van der Waals surface area contributed by atoms with E-state index in [0.717, 1.165) is 28.1 Å². The predicted octanol–water partition coefficient (Wildman–Crippen LogP) is 3.77. The highest BCUT2D eigenvalue weighted by molar-refractivity contribution is 6.04. The second kappa shape index (κ2) is 7.91. The third-order valence-electron chi connectivity index (χ3n) is 4.50. The fraction of sp³-hybridized carbons (Fsp3) is 0.182. The first-order chi connectivity index (χ1) is 13.0. The summed E-state index contributed by atoms with van der Waals surface area (Å²) in [5.41, 5.74) is 3.40. The summed E-state index contributed by atoms with van der Waals surface area (Å²) in [7, 11) is 1.61. The number of aromatic nitrogens is 1. The van der Waals surface area contributed by atoms with Crippen LogP contribution in [0.15, 0.2) is 65.6 Å². The van der Waals surface area contributed by atoms with Crippen molar-refractivity contribution in [3.8, 4) is 5.75 Å². The highest BCUT2D eigenvalue weighted by Gasteiger charge is 2.14. The number of pyridine rings is 1. The first kappa shape index (κ1) is 18.5. The minimum absolute atomic E-state index is 0.119. The molecule has 3 rings (SSSR count). The van der Waals surface area contributed by atoms with Crippen LogP contribution < -0.4 is 15.6 Å². The molecule has 0 saturated carbocycles. The number of rotatable bonds is 5. The number of carbonyl (C=O) groups excluding carboxylic acids is 1. The molecule has 0 saturated heterocycles. The quantitative estimate of drug-likeness (QED) is 0.751. The summed E-state index contributed by atoms with van der Waals surface area (Å²) in [5, 5.41) is 2.87. The summed E-state index contributed by atoms with van der Waals surface area (Å²) < 4.78 is 6.68. The van der Waals surface area contributed by atoms with E-state index in [2.05, 4.69) is 5.32 Å². The molecule has 2 aromatic carbocycles. The zero-order chi connectivity index (χ0) is 19.4. The third kappa shape index (κ3) is 4.08. The van der Waals surface area contributed by atoms with Gasteiger partial charge in [-0.3, -0.25) is 9.59 Å². The zero-order valence-corrected chi connectivity index (χ0v) is 15.7. The fourth-order valence-electron chi connectivity index (χ4n) is 2.95. The van der Waals surface area contributed by atoms with Crippen LogP contribution in [0, 0.1) is 13.8 Å². The van der Waals surface area contributed by atoms with E-state index in [1.165, 1.54) is 4.57 Å². The van der Waals surface area contributed by atoms with Crippen LogP contribution in [0.3, 0.4) is 0 Å². The highest BCUT2D eigenvalue weighted by atomic mass is 16.5. The SMILES string of the molecule is COc1ccc(Cn2cccc(C(=O)Nc3c(C)cccc3C)c2=O)cc1. The monoisotopic (exact) mass is 362 g/mol. The Labute approximate surface area is 158 Å². The number of aryl methyl sites for hydroxylation is 2. The lowest BCUT2D eigenvalue weighted by Crippen LogP contribution is -2.29. The molecule has 0 spiro atoms. The van der Waals surface area contributed by atoms with E-state index in [4.69, 9.17) is 4.74 Å². The molecular formula is C22H22N2O3. The van der Waals surface area contributed by atoms with Crippen LogP contribution in [0.25, 0.3) is 0 Å². The standard InChI is InChI=1S/C22H22N2O3/c1-15-6-4-7-16(2)20(15)23-21(25)19-8-5-13-24(22(19)26)14-17-9-11-18(27-3)12-10-17/h4-13H,14H2,1-3H3,(H,23,25). The molecule has 5 heteroatoms. The summed E-state index contributed by atoms with van der Waals surface area (Å²) in [6.45, 7) is 4.23. The van der Waals surface area contributed by atoms with E-state index in [1.807, 2.05) is 56.3 Å². The molecule has 0 atom stereocenters. The molecule has 27 heavy (non-hydrogen) atoms. The van der Waals surface area contributed by atoms with Crippen LogP contribution in [0.4, 0.5) is 5.69 Å². The van der Waals surface area contributed by atoms with Gasteiger partial charge < -0.3 is 14.6 Å². The van der Waals surface area contributed by atoms with Crippen LogP contribution in [0.2, 0.25) is 0 Å². The highest BCUT2D eigenvalue weighted by Crippen LogP contribution is 2.20. The molecule has 0 aliphatic heterocycles. The van der Waals surface area contributed by atoms with E-state index < -0.39 is 5.91 Å². The Morgan fingerprint density at radius 1 is 1.00 bits per heavy atom. The molecule has 5 nitrogen and oxygen atoms in total. The Bertz CT molecular complexity index is 1000. The lowest BCUT2D eigenvalue weighted by atomic mass is 10.1. The number of hydrogen-bond donors (Lipinski definition) is 1. The van der Waals surface area contributed by atoms with Crippen LogP contribution in [0.1, 0.15) is 27.0 Å². The molecule has 138 valence electrons. The molecule has 0 bridgehead atoms. The number of hydrogen-bond acceptors (Lipinski definition) is 3. The molecule has 1 heterocycles. The molecule has 1 N–H and O–H groups in total. The van der Waals surface area contributed by atoms with Gasteiger partial charge in [0.1, 0.15) is 11.3 Å². The summed E-state index contributed by atoms with van der Waals surface area (Å²) in [6.07, 6.45) is 1.68. The normalized spacial score (nSPS) is 10.5. The van der Waals surface area contributed by atoms with Gasteiger partial charge >= 0.3 is 0 Å². The van der Waals surface area contributed by atoms with Gasteiger partial charge in [-0.15, -0.1) is 0 Å². The van der Waals surface area contributed by atoms with Gasteiger partial charge in [0.2, 0.25) is 0 Å². The van der Waals surface area contributed by atoms with Crippen LogP contribution >= 0.6 is 0 Å². The minimum Gasteiger partial charge on any atom is -0.497 e. The van der Waals surface area contributed by atoms with E-state index in [0.29, 0.717) is 6.54 Å². The van der Waals surface area contributed by atoms with Crippen molar-refractivity contribution in [3.63, 3.8) is 0 Å². The Morgan fingerprint density at radius 3 is 2.30 bits per heavy atom. The van der Waals surface area contributed by atoms with E-state index in [-0.39, 0.29) is 11.1 Å². The van der Waals surface area contributed by atoms with E-state index >= 15 is 0 Å². The average Bonchev–Trinajstić information content (AvgIpc) is 2.67. The largest absolute Gasteiger partial charge is 0.497 e. The molecule has 1 amide bonds. The van der Waals surface area contributed by atoms with Gasteiger partial charge in [0.15, 0.2) is 0 Å². The van der Waals surface area contributed by atoms with Gasteiger partial charge in [0.25, 0.3) is 11.5 Å². The van der Waals surface area contributed by atoms with E-state index in [1.54, 1.807) is 25.4 Å². The van der Waals surface area contributed by atoms with Gasteiger partial charge in [0.05, 0.1) is 13.7 Å². The Kier molecular flexibility index (Phi) is 5.41. The third-order valence-corrected chi connectivity index (χ3v) is 4.50. The number of carbonyl (C=O) groups is 1. The maximum atomic E-state index is 12.8. The first-order valence-electron chi connectivity index (χ1n) is 8.69. The predicted molar refractivity (Wildman–Crippen MR) is 107 cm³/mol. The zero-order valence-electron chi connectivity index (χ0n) is 15.7. The van der Waals surface area contributed by atoms with Gasteiger partial charge in [-0.1, -0.05) is 30.3 Å². The van der Waals surface area contributed by atoms with Crippen molar-refractivity contribution in [2.24, 2.45) is 0 Å². The van der Waals surface area contributed by atoms with Gasteiger partial charge in [-0.05, 0) is 54.8 Å². The second-order valence-electron chi connectivity index (χ2n) is 6.42. The topological polar surface area (TPSA) is 60.3 Å². The van der Waals surface area contributed by atoms with Crippen molar-refractivity contribution in [2.45, 2.75) is 20.4 Å². The van der Waals surface area contributed by atoms with Crippen molar-refractivity contribution in [3.05, 3.63) is 93.4 Å². The van der Waals surface area contributed by atoms with Gasteiger partial charge in [-0.25, -0.2) is 0 Å². The number of anilines is 1. The number of nitrogens with zero attached hydrogens (tertiary/aromatic N) is 1. The lowest BCUT2D eigenvalue weighted by Gasteiger charge is -2.12. The molecule has 1 aromatic heterocycles. The molecule has 3 aromatic rings. The van der Waals surface area contributed by atoms with Crippen LogP contribution in [-0.4, -0.2) is 17.6 Å². The number of amides is 1. The molecule has 0 unspecified atom stereocenters. The van der Waals surface area contributed by atoms with Crippen LogP contribution in [-0.2, 0) is 6.54 Å². The maximum Gasteiger partial charge on any atom is 0.263 e. The molecular weight excluding hydrogens is 340 g/mol. The van der Waals surface area contributed by atoms with E-state index in [9.17, 15) is 9.59 Å². The minimum atomic E-state index is -0.401. The van der Waals surface area contributed by atoms with Crippen LogP contribution in [0.5, 0.6) is 5.75 Å². The molecule has 0 aliphatic carbocycles. The number of methoxy groups -OCH3 is 1. The molecule has 0 fully saturated rings. The van der Waals surface area contributed by atoms with Crippen molar-refractivity contribution >= 4 is 11.6 Å². The Morgan fingerprint density at radius 2 is 1.67 bits per heavy atom. The number of para-hydroxylation sites is 1. The number of ether oxygens (including phenoxy) is 1. The first-order valence-corrected chi connectivity index (χ1v) is 8.69. The van der Waals surface area contributed by atoms with Crippen molar-refractivity contribution in [1.82, 2.24) is 4.57 Å². The number of nitrogens with one attached hydrogen (secondary N) is 1. The maximum absolute atomic E-state index is 12.8.